The van der Waals surface area contributed by atoms with Gasteiger partial charge in [0.1, 0.15) is 17.3 Å². The molecule has 2 heterocycles. The smallest absolute Gasteiger partial charge is 0.435 e. The zero-order valence-corrected chi connectivity index (χ0v) is 22.7. The third-order valence-electron chi connectivity index (χ3n) is 6.22. The van der Waals surface area contributed by atoms with Crippen molar-refractivity contribution in [3.8, 4) is 17.1 Å². The summed E-state index contributed by atoms with van der Waals surface area (Å²) in [6.07, 6.45) is -4.11. The molecule has 13 heteroatoms. The maximum atomic E-state index is 13.9. The van der Waals surface area contributed by atoms with Crippen molar-refractivity contribution in [2.24, 2.45) is 5.10 Å². The van der Waals surface area contributed by atoms with Gasteiger partial charge in [0.25, 0.3) is 11.8 Å². The number of alkyl halides is 3. The van der Waals surface area contributed by atoms with E-state index in [4.69, 9.17) is 20.8 Å². The maximum absolute atomic E-state index is 13.9. The van der Waals surface area contributed by atoms with E-state index in [1.807, 2.05) is 0 Å². The number of methoxy groups -OCH3 is 1. The third kappa shape index (κ3) is 6.14. The lowest BCUT2D eigenvalue weighted by Gasteiger charge is -2.12. The van der Waals surface area contributed by atoms with E-state index in [2.05, 4.69) is 10.4 Å². The zero-order chi connectivity index (χ0) is 30.9. The molecule has 2 N–H and O–H groups in total. The molecule has 2 amide bonds. The van der Waals surface area contributed by atoms with Crippen molar-refractivity contribution in [2.45, 2.75) is 6.18 Å². The van der Waals surface area contributed by atoms with Crippen LogP contribution in [0.1, 0.15) is 26.5 Å². The SMILES string of the molecule is COc1cccc(NC(=O)c2cc(-c3ccc(/C=C4\C(=O)N(c5cccc(C(=O)O)c5)N=C4C(F)(F)F)o3)ccc2Cl)c1. The number of hydrogen-bond donors (Lipinski definition) is 2. The van der Waals surface area contributed by atoms with Gasteiger partial charge < -0.3 is 19.6 Å². The molecule has 1 aliphatic rings. The van der Waals surface area contributed by atoms with Gasteiger partial charge in [-0.1, -0.05) is 23.7 Å². The van der Waals surface area contributed by atoms with Crippen LogP contribution in [-0.4, -0.2) is 41.9 Å². The first-order valence-electron chi connectivity index (χ1n) is 12.4. The number of amides is 2. The fraction of sp³-hybridized carbons (Fsp3) is 0.0667. The Bertz CT molecular complexity index is 1830. The molecule has 1 aliphatic heterocycles. The van der Waals surface area contributed by atoms with E-state index in [0.717, 1.165) is 12.1 Å². The van der Waals surface area contributed by atoms with Gasteiger partial charge in [-0.3, -0.25) is 9.59 Å². The minimum atomic E-state index is -5.00. The summed E-state index contributed by atoms with van der Waals surface area (Å²) in [4.78, 5) is 37.3. The van der Waals surface area contributed by atoms with Gasteiger partial charge in [-0.05, 0) is 66.7 Å². The molecule has 9 nitrogen and oxygen atoms in total. The molecule has 218 valence electrons. The Morgan fingerprint density at radius 3 is 2.53 bits per heavy atom. The second-order valence-corrected chi connectivity index (χ2v) is 9.47. The van der Waals surface area contributed by atoms with Crippen LogP contribution in [0.2, 0.25) is 5.02 Å². The predicted octanol–water partition coefficient (Wildman–Crippen LogP) is 6.91. The second kappa shape index (κ2) is 11.5. The number of nitrogens with zero attached hydrogens (tertiary/aromatic N) is 2. The molecule has 0 bridgehead atoms. The Morgan fingerprint density at radius 2 is 1.81 bits per heavy atom. The molecule has 0 saturated heterocycles. The van der Waals surface area contributed by atoms with Gasteiger partial charge in [0.05, 0.1) is 34.5 Å². The summed E-state index contributed by atoms with van der Waals surface area (Å²) >= 11 is 6.27. The van der Waals surface area contributed by atoms with Crippen LogP contribution in [-0.2, 0) is 4.79 Å². The van der Waals surface area contributed by atoms with Crippen LogP contribution in [0.3, 0.4) is 0 Å². The standard InChI is InChI=1S/C30H19ClF3N3O6/c1-42-20-7-3-5-18(14-20)35-27(38)22-13-16(8-10-24(22)31)25-11-9-21(43-25)15-23-26(30(32,33)34)36-37(28(23)39)19-6-2-4-17(12-19)29(40)41/h2-15H,1H3,(H,35,38)(H,40,41)/b23-15-. The largest absolute Gasteiger partial charge is 0.497 e. The van der Waals surface area contributed by atoms with E-state index in [-0.39, 0.29) is 33.4 Å². The Hall–Kier alpha value is -5.36. The van der Waals surface area contributed by atoms with Gasteiger partial charge in [-0.25, -0.2) is 4.79 Å². The molecule has 3 aromatic carbocycles. The van der Waals surface area contributed by atoms with Crippen molar-refractivity contribution in [2.75, 3.05) is 17.4 Å². The second-order valence-electron chi connectivity index (χ2n) is 9.06. The van der Waals surface area contributed by atoms with E-state index < -0.39 is 35.2 Å². The van der Waals surface area contributed by atoms with Crippen molar-refractivity contribution >= 4 is 52.5 Å². The first-order chi connectivity index (χ1) is 20.4. The lowest BCUT2D eigenvalue weighted by Crippen LogP contribution is -2.25. The van der Waals surface area contributed by atoms with Crippen molar-refractivity contribution in [3.05, 3.63) is 106 Å². The fourth-order valence-corrected chi connectivity index (χ4v) is 4.38. The molecule has 0 fully saturated rings. The molecule has 0 aliphatic carbocycles. The third-order valence-corrected chi connectivity index (χ3v) is 6.55. The Morgan fingerprint density at radius 1 is 1.05 bits per heavy atom. The van der Waals surface area contributed by atoms with E-state index in [1.165, 1.54) is 49.6 Å². The number of hydrogen-bond acceptors (Lipinski definition) is 6. The number of rotatable bonds is 7. The molecule has 0 saturated carbocycles. The Balaban J connectivity index is 1.43. The molecule has 4 aromatic rings. The Kier molecular flexibility index (Phi) is 7.79. The lowest BCUT2D eigenvalue weighted by molar-refractivity contribution is -0.114. The van der Waals surface area contributed by atoms with Gasteiger partial charge >= 0.3 is 12.1 Å². The highest BCUT2D eigenvalue weighted by Gasteiger charge is 2.47. The van der Waals surface area contributed by atoms with Gasteiger partial charge in [0.15, 0.2) is 5.71 Å². The molecule has 0 radical (unpaired) electrons. The van der Waals surface area contributed by atoms with Gasteiger partial charge in [-0.2, -0.15) is 23.3 Å². The number of anilines is 2. The van der Waals surface area contributed by atoms with Gasteiger partial charge in [0, 0.05) is 17.3 Å². The van der Waals surface area contributed by atoms with Crippen LogP contribution in [0.5, 0.6) is 5.75 Å². The number of furan rings is 1. The van der Waals surface area contributed by atoms with E-state index in [1.54, 1.807) is 30.3 Å². The van der Waals surface area contributed by atoms with Gasteiger partial charge in [-0.15, -0.1) is 0 Å². The number of carboxylic acids is 1. The fourth-order valence-electron chi connectivity index (χ4n) is 4.18. The number of hydrazone groups is 1. The molecule has 1 aromatic heterocycles. The number of ether oxygens (including phenoxy) is 1. The van der Waals surface area contributed by atoms with Gasteiger partial charge in [0.2, 0.25) is 0 Å². The molecule has 0 atom stereocenters. The minimum Gasteiger partial charge on any atom is -0.497 e. The lowest BCUT2D eigenvalue weighted by atomic mass is 10.1. The first-order valence-corrected chi connectivity index (χ1v) is 12.7. The number of aromatic carboxylic acids is 1. The summed E-state index contributed by atoms with van der Waals surface area (Å²) in [6.45, 7) is 0. The van der Waals surface area contributed by atoms with Crippen LogP contribution in [0.15, 0.2) is 94.0 Å². The van der Waals surface area contributed by atoms with Crippen LogP contribution in [0.25, 0.3) is 17.4 Å². The summed E-state index contributed by atoms with van der Waals surface area (Å²) in [6, 6.07) is 18.8. The number of halogens is 4. The van der Waals surface area contributed by atoms with E-state index in [0.29, 0.717) is 22.0 Å². The summed E-state index contributed by atoms with van der Waals surface area (Å²) in [5, 5.41) is 16.0. The highest BCUT2D eigenvalue weighted by atomic mass is 35.5. The maximum Gasteiger partial charge on any atom is 0.435 e. The summed E-state index contributed by atoms with van der Waals surface area (Å²) < 4.78 is 52.5. The molecular formula is C30H19ClF3N3O6. The van der Waals surface area contributed by atoms with Crippen molar-refractivity contribution in [1.29, 1.82) is 0 Å². The normalized spacial score (nSPS) is 14.2. The minimum absolute atomic E-state index is 0.103. The number of nitrogens with one attached hydrogen (secondary N) is 1. The first kappa shape index (κ1) is 29.1. The average molecular weight is 610 g/mol. The zero-order valence-electron chi connectivity index (χ0n) is 22.0. The van der Waals surface area contributed by atoms with E-state index in [9.17, 15) is 32.7 Å². The van der Waals surface area contributed by atoms with Crippen LogP contribution >= 0.6 is 11.6 Å². The highest BCUT2D eigenvalue weighted by Crippen LogP contribution is 2.34. The van der Waals surface area contributed by atoms with E-state index >= 15 is 0 Å². The summed E-state index contributed by atoms with van der Waals surface area (Å²) in [7, 11) is 1.49. The monoisotopic (exact) mass is 609 g/mol. The molecule has 0 unspecified atom stereocenters. The average Bonchev–Trinajstić information content (AvgIpc) is 3.58. The van der Waals surface area contributed by atoms with Crippen molar-refractivity contribution in [1.82, 2.24) is 0 Å². The molecule has 43 heavy (non-hydrogen) atoms. The Labute approximate surface area is 246 Å². The number of carbonyl (C=O) groups excluding carboxylic acids is 2. The summed E-state index contributed by atoms with van der Waals surface area (Å²) in [5.41, 5.74) is -1.71. The van der Waals surface area contributed by atoms with Crippen molar-refractivity contribution < 1.29 is 41.8 Å². The topological polar surface area (TPSA) is 121 Å². The van der Waals surface area contributed by atoms with Crippen LogP contribution in [0.4, 0.5) is 24.5 Å². The molecule has 5 rings (SSSR count). The van der Waals surface area contributed by atoms with Crippen LogP contribution < -0.4 is 15.1 Å². The number of carboxylic acid groups (broad SMARTS) is 1. The predicted molar refractivity (Wildman–Crippen MR) is 152 cm³/mol. The van der Waals surface area contributed by atoms with Crippen molar-refractivity contribution in [3.63, 3.8) is 0 Å². The number of carbonyl (C=O) groups is 3. The molecule has 0 spiro atoms. The van der Waals surface area contributed by atoms with Crippen LogP contribution in [0, 0.1) is 0 Å². The highest BCUT2D eigenvalue weighted by molar-refractivity contribution is 6.35. The molecular weight excluding hydrogens is 591 g/mol. The number of benzene rings is 3. The summed E-state index contributed by atoms with van der Waals surface area (Å²) in [5.74, 6) is -2.36. The quantitative estimate of drug-likeness (QED) is 0.220.